The SMILES string of the molecule is CC1C=C[N+](C)=C1C([O-])=Nc1cccc(Oc2ccc(N=C([O-])c3n(C)cc[n+]3C)cc2)c1. The smallest absolute Gasteiger partial charge is 0.292 e. The predicted molar refractivity (Wildman–Crippen MR) is 122 cm³/mol. The van der Waals surface area contributed by atoms with E-state index in [9.17, 15) is 10.2 Å². The summed E-state index contributed by atoms with van der Waals surface area (Å²) in [6.45, 7) is 1.96. The van der Waals surface area contributed by atoms with Gasteiger partial charge in [-0.1, -0.05) is 6.07 Å². The van der Waals surface area contributed by atoms with E-state index >= 15 is 0 Å². The number of ether oxygens (including phenoxy) is 1. The Bertz CT molecular complexity index is 1280. The average Bonchev–Trinajstić information content (AvgIpc) is 3.29. The number of hydrogen-bond acceptors (Lipinski definition) is 5. The van der Waals surface area contributed by atoms with Crippen LogP contribution < -0.4 is 19.5 Å². The molecular formula is C25H25N5O3. The van der Waals surface area contributed by atoms with E-state index < -0.39 is 0 Å². The molecule has 2 aromatic carbocycles. The summed E-state index contributed by atoms with van der Waals surface area (Å²) in [6, 6.07) is 14.0. The molecule has 8 nitrogen and oxygen atoms in total. The Hall–Kier alpha value is -4.20. The van der Waals surface area contributed by atoms with E-state index in [4.69, 9.17) is 4.74 Å². The summed E-state index contributed by atoms with van der Waals surface area (Å²) < 4.78 is 11.2. The van der Waals surface area contributed by atoms with Gasteiger partial charge in [0.1, 0.15) is 30.9 Å². The van der Waals surface area contributed by atoms with Crippen molar-refractivity contribution in [2.45, 2.75) is 6.92 Å². The van der Waals surface area contributed by atoms with E-state index in [1.165, 1.54) is 0 Å². The van der Waals surface area contributed by atoms with Gasteiger partial charge in [-0.2, -0.15) is 0 Å². The maximum atomic E-state index is 12.6. The Labute approximate surface area is 192 Å². The van der Waals surface area contributed by atoms with Gasteiger partial charge in [0.25, 0.3) is 5.82 Å². The van der Waals surface area contributed by atoms with Crippen LogP contribution in [0.15, 0.2) is 83.2 Å². The van der Waals surface area contributed by atoms with E-state index in [1.807, 2.05) is 26.2 Å². The van der Waals surface area contributed by atoms with E-state index in [2.05, 4.69) is 9.98 Å². The molecule has 3 aromatic rings. The van der Waals surface area contributed by atoms with Crippen LogP contribution in [0.3, 0.4) is 0 Å². The highest BCUT2D eigenvalue weighted by Gasteiger charge is 2.22. The highest BCUT2D eigenvalue weighted by atomic mass is 16.5. The summed E-state index contributed by atoms with van der Waals surface area (Å²) in [5, 5.41) is 25.1. The highest BCUT2D eigenvalue weighted by molar-refractivity contribution is 6.36. The third-order valence-corrected chi connectivity index (χ3v) is 5.35. The van der Waals surface area contributed by atoms with Crippen LogP contribution in [0.5, 0.6) is 11.5 Å². The van der Waals surface area contributed by atoms with Crippen molar-refractivity contribution in [3.05, 3.63) is 79.0 Å². The largest absolute Gasteiger partial charge is 0.854 e. The van der Waals surface area contributed by atoms with Crippen LogP contribution in [0.4, 0.5) is 11.4 Å². The van der Waals surface area contributed by atoms with Crippen molar-refractivity contribution in [2.24, 2.45) is 30.0 Å². The Balaban J connectivity index is 1.48. The molecule has 0 N–H and O–H groups in total. The lowest BCUT2D eigenvalue weighted by Crippen LogP contribution is -2.39. The summed E-state index contributed by atoms with van der Waals surface area (Å²) in [5.41, 5.74) is 1.69. The molecule has 1 aliphatic rings. The number of aliphatic imine (C=N–C) groups is 2. The maximum absolute atomic E-state index is 12.6. The monoisotopic (exact) mass is 443 g/mol. The van der Waals surface area contributed by atoms with Crippen LogP contribution in [0, 0.1) is 5.92 Å². The maximum Gasteiger partial charge on any atom is 0.292 e. The first-order valence-corrected chi connectivity index (χ1v) is 10.5. The normalized spacial score (nSPS) is 16.5. The van der Waals surface area contributed by atoms with Gasteiger partial charge in [-0.25, -0.2) is 13.7 Å². The second-order valence-corrected chi connectivity index (χ2v) is 7.90. The predicted octanol–water partition coefficient (Wildman–Crippen LogP) is 1.72. The molecule has 0 spiro atoms. The van der Waals surface area contributed by atoms with Gasteiger partial charge < -0.3 is 14.9 Å². The van der Waals surface area contributed by atoms with E-state index in [-0.39, 0.29) is 17.7 Å². The fourth-order valence-corrected chi connectivity index (χ4v) is 3.67. The molecule has 0 aliphatic carbocycles. The van der Waals surface area contributed by atoms with Crippen molar-refractivity contribution in [3.8, 4) is 11.5 Å². The number of allylic oxidation sites excluding steroid dienone is 1. The molecule has 0 saturated carbocycles. The molecule has 2 heterocycles. The van der Waals surface area contributed by atoms with Crippen LogP contribution in [-0.2, 0) is 14.1 Å². The molecule has 0 radical (unpaired) electrons. The van der Waals surface area contributed by atoms with Gasteiger partial charge in [-0.15, -0.1) is 0 Å². The quantitative estimate of drug-likeness (QED) is 0.330. The molecule has 0 saturated heterocycles. The third-order valence-electron chi connectivity index (χ3n) is 5.35. The molecule has 1 unspecified atom stereocenters. The Morgan fingerprint density at radius 2 is 1.70 bits per heavy atom. The number of rotatable bonds is 6. The van der Waals surface area contributed by atoms with Crippen LogP contribution in [0.25, 0.3) is 0 Å². The van der Waals surface area contributed by atoms with E-state index in [0.29, 0.717) is 34.4 Å². The molecule has 0 bridgehead atoms. The van der Waals surface area contributed by atoms with E-state index in [1.54, 1.807) is 88.7 Å². The minimum atomic E-state index is -0.326. The number of nitrogens with zero attached hydrogens (tertiary/aromatic N) is 5. The summed E-state index contributed by atoms with van der Waals surface area (Å²) >= 11 is 0. The molecule has 4 rings (SSSR count). The lowest BCUT2D eigenvalue weighted by atomic mass is 10.1. The minimum absolute atomic E-state index is 0.0330. The second kappa shape index (κ2) is 9.12. The van der Waals surface area contributed by atoms with E-state index in [0.717, 1.165) is 0 Å². The van der Waals surface area contributed by atoms with Crippen molar-refractivity contribution in [1.82, 2.24) is 4.57 Å². The lowest BCUT2D eigenvalue weighted by Gasteiger charge is -2.12. The molecule has 0 fully saturated rings. The van der Waals surface area contributed by atoms with Gasteiger partial charge in [-0.05, 0) is 49.4 Å². The van der Waals surface area contributed by atoms with Crippen LogP contribution in [0.2, 0.25) is 0 Å². The van der Waals surface area contributed by atoms with Gasteiger partial charge in [0, 0.05) is 6.07 Å². The molecule has 1 atom stereocenters. The molecule has 168 valence electrons. The number of hydrogen-bond donors (Lipinski definition) is 0. The summed E-state index contributed by atoms with van der Waals surface area (Å²) in [7, 11) is 5.44. The van der Waals surface area contributed by atoms with Crippen molar-refractivity contribution < 1.29 is 24.1 Å². The standard InChI is InChI=1S/C25H25N5O3/c1-17-12-13-28(2)22(17)23(31)27-19-6-5-7-21(16-19)33-20-10-8-18(9-11-20)26-24(32)25-29(3)14-15-30(25)4/h5-17H,1-4H3. The first-order valence-electron chi connectivity index (χ1n) is 10.5. The zero-order valence-corrected chi connectivity index (χ0v) is 19.0. The first kappa shape index (κ1) is 22.0. The van der Waals surface area contributed by atoms with Crippen molar-refractivity contribution in [3.63, 3.8) is 0 Å². The molecular weight excluding hydrogens is 418 g/mol. The van der Waals surface area contributed by atoms with Crippen molar-refractivity contribution >= 4 is 28.9 Å². The minimum Gasteiger partial charge on any atom is -0.854 e. The van der Waals surface area contributed by atoms with Gasteiger partial charge >= 0.3 is 0 Å². The number of benzene rings is 2. The van der Waals surface area contributed by atoms with Gasteiger partial charge in [0.2, 0.25) is 0 Å². The second-order valence-electron chi connectivity index (χ2n) is 7.90. The van der Waals surface area contributed by atoms with Crippen molar-refractivity contribution in [1.29, 1.82) is 0 Å². The summed E-state index contributed by atoms with van der Waals surface area (Å²) in [6.07, 6.45) is 7.44. The average molecular weight is 444 g/mol. The lowest BCUT2D eigenvalue weighted by molar-refractivity contribution is -0.674. The zero-order chi connectivity index (χ0) is 23.5. The number of aromatic nitrogens is 2. The van der Waals surface area contributed by atoms with Crippen LogP contribution in [-0.4, -0.2) is 33.7 Å². The Morgan fingerprint density at radius 1 is 0.970 bits per heavy atom. The molecule has 1 aliphatic heterocycles. The highest BCUT2D eigenvalue weighted by Crippen LogP contribution is 2.27. The summed E-state index contributed by atoms with van der Waals surface area (Å²) in [4.78, 5) is 8.40. The number of aryl methyl sites for hydroxylation is 2. The molecule has 33 heavy (non-hydrogen) atoms. The molecule has 1 aromatic heterocycles. The van der Waals surface area contributed by atoms with Gasteiger partial charge in [0.15, 0.2) is 11.9 Å². The first-order chi connectivity index (χ1) is 15.8. The fraction of sp³-hybridized carbons (Fsp3) is 0.200. The summed E-state index contributed by atoms with van der Waals surface area (Å²) in [5.74, 6) is 1.05. The fourth-order valence-electron chi connectivity index (χ4n) is 3.67. The molecule has 0 amide bonds. The van der Waals surface area contributed by atoms with Gasteiger partial charge in [0.05, 0.1) is 43.2 Å². The van der Waals surface area contributed by atoms with Crippen LogP contribution >= 0.6 is 0 Å². The third kappa shape index (κ3) is 4.85. The molecule has 8 heteroatoms. The van der Waals surface area contributed by atoms with Crippen molar-refractivity contribution in [2.75, 3.05) is 7.05 Å². The van der Waals surface area contributed by atoms with Gasteiger partial charge in [-0.3, -0.25) is 9.98 Å². The van der Waals surface area contributed by atoms with Crippen LogP contribution in [0.1, 0.15) is 12.7 Å². The Morgan fingerprint density at radius 3 is 2.33 bits per heavy atom. The number of imidazole rings is 1. The topological polar surface area (TPSA) is 91.9 Å². The zero-order valence-electron chi connectivity index (χ0n) is 19.0. The Kier molecular flexibility index (Phi) is 6.08.